The zero-order chi connectivity index (χ0) is 16.8. The highest BCUT2D eigenvalue weighted by molar-refractivity contribution is 4.81. The normalized spacial score (nSPS) is 11.6. The van der Waals surface area contributed by atoms with E-state index in [0.717, 1.165) is 6.42 Å². The van der Waals surface area contributed by atoms with E-state index in [-0.39, 0.29) is 0 Å². The molecule has 1 heteroatoms. The third-order valence-electron chi connectivity index (χ3n) is 4.67. The van der Waals surface area contributed by atoms with E-state index in [1.165, 1.54) is 109 Å². The maximum Gasteiger partial charge on any atom is 0.0431 e. The fourth-order valence-corrected chi connectivity index (χ4v) is 3.07. The monoisotopic (exact) mass is 324 g/mol. The number of allylic oxidation sites excluding steroid dienone is 2. The van der Waals surface area contributed by atoms with Crippen LogP contribution in [0.25, 0.3) is 0 Å². The zero-order valence-corrected chi connectivity index (χ0v) is 16.0. The minimum atomic E-state index is 0.368. The van der Waals surface area contributed by atoms with Crippen molar-refractivity contribution < 1.29 is 5.11 Å². The molecule has 0 radical (unpaired) electrons. The minimum absolute atomic E-state index is 0.368. The van der Waals surface area contributed by atoms with Crippen LogP contribution in [0.2, 0.25) is 0 Å². The lowest BCUT2D eigenvalue weighted by molar-refractivity contribution is 0.282. The Labute approximate surface area is 147 Å². The van der Waals surface area contributed by atoms with Gasteiger partial charge in [-0.25, -0.2) is 0 Å². The number of hydrogen-bond acceptors (Lipinski definition) is 1. The smallest absolute Gasteiger partial charge is 0.0431 e. The lowest BCUT2D eigenvalue weighted by Crippen LogP contribution is -1.84. The average Bonchev–Trinajstić information content (AvgIpc) is 2.57. The first-order valence-electron chi connectivity index (χ1n) is 10.7. The van der Waals surface area contributed by atoms with E-state index in [1.54, 1.807) is 0 Å². The first-order chi connectivity index (χ1) is 11.4. The molecule has 0 aromatic carbocycles. The quantitative estimate of drug-likeness (QED) is 0.192. The molecule has 0 saturated heterocycles. The molecule has 0 fully saturated rings. The van der Waals surface area contributed by atoms with Crippen molar-refractivity contribution in [3.63, 3.8) is 0 Å². The molecule has 0 saturated carbocycles. The van der Waals surface area contributed by atoms with Gasteiger partial charge in [-0.05, 0) is 32.1 Å². The third kappa shape index (κ3) is 21.7. The number of aliphatic hydroxyl groups excluding tert-OH is 1. The van der Waals surface area contributed by atoms with Gasteiger partial charge in [0.05, 0.1) is 0 Å². The molecule has 0 rings (SSSR count). The first-order valence-corrected chi connectivity index (χ1v) is 10.7. The summed E-state index contributed by atoms with van der Waals surface area (Å²) < 4.78 is 0. The Morgan fingerprint density at radius 3 is 1.22 bits per heavy atom. The summed E-state index contributed by atoms with van der Waals surface area (Å²) >= 11 is 0. The molecule has 138 valence electrons. The predicted octanol–water partition coefficient (Wildman–Crippen LogP) is 7.58. The number of hydrogen-bond donors (Lipinski definition) is 1. The molecule has 0 amide bonds. The number of rotatable bonds is 19. The van der Waals surface area contributed by atoms with Crippen LogP contribution in [0, 0.1) is 0 Å². The van der Waals surface area contributed by atoms with Crippen LogP contribution in [0.5, 0.6) is 0 Å². The lowest BCUT2D eigenvalue weighted by Gasteiger charge is -2.01. The Morgan fingerprint density at radius 1 is 0.478 bits per heavy atom. The van der Waals surface area contributed by atoms with Crippen molar-refractivity contribution in [1.29, 1.82) is 0 Å². The fraction of sp³-hybridized carbons (Fsp3) is 0.909. The Bertz CT molecular complexity index is 222. The van der Waals surface area contributed by atoms with Crippen LogP contribution >= 0.6 is 0 Å². The molecule has 0 bridgehead atoms. The van der Waals surface area contributed by atoms with Gasteiger partial charge < -0.3 is 5.11 Å². The summed E-state index contributed by atoms with van der Waals surface area (Å²) in [6.07, 6.45) is 29.1. The number of unbranched alkanes of at least 4 members (excludes halogenated alkanes) is 16. The summed E-state index contributed by atoms with van der Waals surface area (Å²) in [4.78, 5) is 0. The molecule has 0 unspecified atom stereocenters. The molecule has 0 atom stereocenters. The molecular formula is C22H44O. The Hall–Kier alpha value is -0.300. The van der Waals surface area contributed by atoms with Crippen LogP contribution in [-0.2, 0) is 0 Å². The van der Waals surface area contributed by atoms with E-state index in [2.05, 4.69) is 19.1 Å². The third-order valence-corrected chi connectivity index (χ3v) is 4.67. The van der Waals surface area contributed by atoms with Crippen molar-refractivity contribution >= 4 is 0 Å². The van der Waals surface area contributed by atoms with Crippen LogP contribution in [0.4, 0.5) is 0 Å². The predicted molar refractivity (Wildman–Crippen MR) is 105 cm³/mol. The summed E-state index contributed by atoms with van der Waals surface area (Å²) in [6, 6.07) is 0. The summed E-state index contributed by atoms with van der Waals surface area (Å²) in [5.41, 5.74) is 0. The Morgan fingerprint density at radius 2 is 0.826 bits per heavy atom. The summed E-state index contributed by atoms with van der Waals surface area (Å²) in [6.45, 7) is 2.65. The van der Waals surface area contributed by atoms with Crippen molar-refractivity contribution in [1.82, 2.24) is 0 Å². The van der Waals surface area contributed by atoms with E-state index < -0.39 is 0 Å². The van der Waals surface area contributed by atoms with Gasteiger partial charge in [0.15, 0.2) is 0 Å². The van der Waals surface area contributed by atoms with E-state index in [1.807, 2.05) is 0 Å². The van der Waals surface area contributed by atoms with Gasteiger partial charge in [0.25, 0.3) is 0 Å². The molecule has 0 heterocycles. The summed E-state index contributed by atoms with van der Waals surface area (Å²) in [5, 5.41) is 8.71. The van der Waals surface area contributed by atoms with E-state index in [4.69, 9.17) is 5.11 Å². The number of aliphatic hydroxyl groups is 1. The largest absolute Gasteiger partial charge is 0.396 e. The highest BCUT2D eigenvalue weighted by Crippen LogP contribution is 2.12. The summed E-state index contributed by atoms with van der Waals surface area (Å²) in [7, 11) is 0. The van der Waals surface area contributed by atoms with Crippen molar-refractivity contribution in [2.75, 3.05) is 6.61 Å². The first kappa shape index (κ1) is 22.7. The van der Waals surface area contributed by atoms with Gasteiger partial charge in [-0.2, -0.15) is 0 Å². The maximum absolute atomic E-state index is 8.71. The van der Waals surface area contributed by atoms with Crippen LogP contribution in [0.15, 0.2) is 12.2 Å². The van der Waals surface area contributed by atoms with Gasteiger partial charge in [-0.3, -0.25) is 0 Å². The van der Waals surface area contributed by atoms with E-state index >= 15 is 0 Å². The molecule has 0 aromatic heterocycles. The molecule has 0 aliphatic rings. The highest BCUT2D eigenvalue weighted by atomic mass is 16.2. The molecule has 1 nitrogen and oxygen atoms in total. The van der Waals surface area contributed by atoms with Crippen molar-refractivity contribution in [2.45, 2.75) is 122 Å². The maximum atomic E-state index is 8.71. The van der Waals surface area contributed by atoms with Crippen LogP contribution in [0.1, 0.15) is 122 Å². The van der Waals surface area contributed by atoms with Crippen molar-refractivity contribution in [3.8, 4) is 0 Å². The molecule has 0 spiro atoms. The standard InChI is InChI=1S/C22H44O/c1-2-3-4-5-6-7-8-9-10-11-12-13-14-15-16-17-18-19-20-21-22-23/h9-10,23H,2-8,11-22H2,1H3/b10-9+. The van der Waals surface area contributed by atoms with Gasteiger partial charge >= 0.3 is 0 Å². The van der Waals surface area contributed by atoms with Gasteiger partial charge in [0.2, 0.25) is 0 Å². The van der Waals surface area contributed by atoms with Gasteiger partial charge in [-0.1, -0.05) is 103 Å². The van der Waals surface area contributed by atoms with E-state index in [9.17, 15) is 0 Å². The van der Waals surface area contributed by atoms with Crippen LogP contribution in [-0.4, -0.2) is 11.7 Å². The molecule has 23 heavy (non-hydrogen) atoms. The van der Waals surface area contributed by atoms with Crippen molar-refractivity contribution in [2.24, 2.45) is 0 Å². The van der Waals surface area contributed by atoms with Crippen LogP contribution < -0.4 is 0 Å². The van der Waals surface area contributed by atoms with Gasteiger partial charge in [0, 0.05) is 6.61 Å². The average molecular weight is 325 g/mol. The second-order valence-electron chi connectivity index (χ2n) is 7.08. The molecular weight excluding hydrogens is 280 g/mol. The lowest BCUT2D eigenvalue weighted by atomic mass is 10.1. The Balaban J connectivity index is 3.02. The SMILES string of the molecule is CCCCCCCC/C=C/CCCCCCCCCCCCO. The van der Waals surface area contributed by atoms with Crippen molar-refractivity contribution in [3.05, 3.63) is 12.2 Å². The summed E-state index contributed by atoms with van der Waals surface area (Å²) in [5.74, 6) is 0. The minimum Gasteiger partial charge on any atom is -0.396 e. The second-order valence-corrected chi connectivity index (χ2v) is 7.08. The molecule has 1 N–H and O–H groups in total. The van der Waals surface area contributed by atoms with Gasteiger partial charge in [0.1, 0.15) is 0 Å². The fourth-order valence-electron chi connectivity index (χ4n) is 3.07. The molecule has 0 aliphatic heterocycles. The zero-order valence-electron chi connectivity index (χ0n) is 16.0. The molecule has 0 aromatic rings. The van der Waals surface area contributed by atoms with E-state index in [0.29, 0.717) is 6.61 Å². The van der Waals surface area contributed by atoms with Crippen LogP contribution in [0.3, 0.4) is 0 Å². The molecule has 0 aliphatic carbocycles. The topological polar surface area (TPSA) is 20.2 Å². The highest BCUT2D eigenvalue weighted by Gasteiger charge is 1.93. The van der Waals surface area contributed by atoms with Gasteiger partial charge in [-0.15, -0.1) is 0 Å². The second kappa shape index (κ2) is 21.7. The Kier molecular flexibility index (Phi) is 21.4.